The van der Waals surface area contributed by atoms with Crippen molar-refractivity contribution in [1.29, 1.82) is 0 Å². The number of rotatable bonds is 5. The van der Waals surface area contributed by atoms with Crippen LogP contribution in [0.4, 0.5) is 10.2 Å². The van der Waals surface area contributed by atoms with Gasteiger partial charge >= 0.3 is 0 Å². The number of aromatic nitrogens is 2. The Balaban J connectivity index is 1.55. The first-order chi connectivity index (χ1) is 15.2. The lowest BCUT2D eigenvalue weighted by Crippen LogP contribution is -2.49. The molecular formula is C24H27FN4O2S. The molecule has 1 aliphatic heterocycles. The molecule has 1 fully saturated rings. The van der Waals surface area contributed by atoms with E-state index < -0.39 is 15.8 Å². The maximum Gasteiger partial charge on any atom is 0.243 e. The molecule has 3 aromatic rings. The molecule has 4 rings (SSSR count). The van der Waals surface area contributed by atoms with Gasteiger partial charge in [0.1, 0.15) is 17.5 Å². The van der Waals surface area contributed by atoms with Crippen LogP contribution in [0.2, 0.25) is 0 Å². The number of sulfonamides is 1. The van der Waals surface area contributed by atoms with Crippen LogP contribution in [0.15, 0.2) is 53.4 Å². The van der Waals surface area contributed by atoms with Crippen molar-refractivity contribution in [2.24, 2.45) is 0 Å². The van der Waals surface area contributed by atoms with Gasteiger partial charge in [-0.1, -0.05) is 29.8 Å². The summed E-state index contributed by atoms with van der Waals surface area (Å²) in [6, 6.07) is 13.4. The highest BCUT2D eigenvalue weighted by Crippen LogP contribution is 2.26. The number of piperazine rings is 1. The third-order valence-corrected chi connectivity index (χ3v) is 7.71. The van der Waals surface area contributed by atoms with Gasteiger partial charge < -0.3 is 4.90 Å². The van der Waals surface area contributed by atoms with Gasteiger partial charge in [0.15, 0.2) is 0 Å². The van der Waals surface area contributed by atoms with E-state index in [1.807, 2.05) is 13.8 Å². The Morgan fingerprint density at radius 3 is 2.12 bits per heavy atom. The molecule has 1 aliphatic rings. The molecule has 8 heteroatoms. The van der Waals surface area contributed by atoms with E-state index in [1.165, 1.54) is 39.7 Å². The minimum absolute atomic E-state index is 0.112. The summed E-state index contributed by atoms with van der Waals surface area (Å²) in [6.07, 6.45) is 0.718. The van der Waals surface area contributed by atoms with Gasteiger partial charge in [-0.05, 0) is 50.6 Å². The van der Waals surface area contributed by atoms with Crippen LogP contribution < -0.4 is 4.90 Å². The zero-order valence-electron chi connectivity index (χ0n) is 18.5. The molecule has 2 aromatic carbocycles. The summed E-state index contributed by atoms with van der Waals surface area (Å²) in [4.78, 5) is 11.6. The summed E-state index contributed by atoms with van der Waals surface area (Å²) in [5.74, 6) is 1.12. The molecule has 1 saturated heterocycles. The van der Waals surface area contributed by atoms with Crippen molar-refractivity contribution in [3.63, 3.8) is 0 Å². The summed E-state index contributed by atoms with van der Waals surface area (Å²) < 4.78 is 40.6. The van der Waals surface area contributed by atoms with Crippen molar-refractivity contribution in [3.05, 3.63) is 82.6 Å². The van der Waals surface area contributed by atoms with Crippen LogP contribution in [0.1, 0.15) is 28.2 Å². The molecule has 0 N–H and O–H groups in total. The predicted molar refractivity (Wildman–Crippen MR) is 123 cm³/mol. The number of hydrogen-bond acceptors (Lipinski definition) is 5. The van der Waals surface area contributed by atoms with Gasteiger partial charge in [-0.25, -0.2) is 22.8 Å². The van der Waals surface area contributed by atoms with Crippen molar-refractivity contribution in [3.8, 4) is 0 Å². The number of hydrogen-bond donors (Lipinski definition) is 0. The van der Waals surface area contributed by atoms with Gasteiger partial charge in [-0.15, -0.1) is 0 Å². The van der Waals surface area contributed by atoms with Crippen LogP contribution in [0.5, 0.6) is 0 Å². The third kappa shape index (κ3) is 4.66. The lowest BCUT2D eigenvalue weighted by molar-refractivity contribution is 0.383. The van der Waals surface area contributed by atoms with E-state index >= 15 is 0 Å². The first kappa shape index (κ1) is 22.4. The molecule has 0 amide bonds. The molecule has 0 saturated carbocycles. The van der Waals surface area contributed by atoms with Crippen LogP contribution >= 0.6 is 0 Å². The van der Waals surface area contributed by atoms with E-state index in [4.69, 9.17) is 4.98 Å². The van der Waals surface area contributed by atoms with Crippen molar-refractivity contribution >= 4 is 15.8 Å². The normalized spacial score (nSPS) is 15.2. The average molecular weight is 455 g/mol. The Morgan fingerprint density at radius 2 is 1.50 bits per heavy atom. The van der Waals surface area contributed by atoms with Crippen LogP contribution in [0.25, 0.3) is 0 Å². The summed E-state index contributed by atoms with van der Waals surface area (Å²) in [7, 11) is -3.66. The summed E-state index contributed by atoms with van der Waals surface area (Å²) >= 11 is 0. The van der Waals surface area contributed by atoms with E-state index in [-0.39, 0.29) is 4.90 Å². The maximum absolute atomic E-state index is 13.2. The van der Waals surface area contributed by atoms with Gasteiger partial charge in [0, 0.05) is 43.9 Å². The van der Waals surface area contributed by atoms with E-state index in [0.717, 1.165) is 23.5 Å². The molecule has 0 spiro atoms. The molecule has 0 aliphatic carbocycles. The smallest absolute Gasteiger partial charge is 0.243 e. The molecule has 2 heterocycles. The quantitative estimate of drug-likeness (QED) is 0.589. The first-order valence-corrected chi connectivity index (χ1v) is 12.1. The highest BCUT2D eigenvalue weighted by Gasteiger charge is 2.30. The molecule has 0 atom stereocenters. The molecule has 1 aromatic heterocycles. The Labute approximate surface area is 188 Å². The van der Waals surface area contributed by atoms with Gasteiger partial charge in [0.2, 0.25) is 10.0 Å². The number of anilines is 1. The molecule has 0 unspecified atom stereocenters. The predicted octanol–water partition coefficient (Wildman–Crippen LogP) is 3.64. The Hall–Kier alpha value is -2.84. The highest BCUT2D eigenvalue weighted by molar-refractivity contribution is 7.89. The summed E-state index contributed by atoms with van der Waals surface area (Å²) in [6.45, 7) is 7.67. The first-order valence-electron chi connectivity index (χ1n) is 10.6. The van der Waals surface area contributed by atoms with Crippen molar-refractivity contribution in [2.45, 2.75) is 32.1 Å². The minimum atomic E-state index is -3.66. The van der Waals surface area contributed by atoms with Crippen molar-refractivity contribution < 1.29 is 12.8 Å². The number of aryl methyl sites for hydroxylation is 3. The monoisotopic (exact) mass is 454 g/mol. The molecular weight excluding hydrogens is 427 g/mol. The van der Waals surface area contributed by atoms with Crippen LogP contribution in [0.3, 0.4) is 0 Å². The zero-order valence-corrected chi connectivity index (χ0v) is 19.4. The molecule has 0 radical (unpaired) electrons. The van der Waals surface area contributed by atoms with Gasteiger partial charge in [0.25, 0.3) is 0 Å². The Bertz CT molecular complexity index is 1200. The fourth-order valence-electron chi connectivity index (χ4n) is 3.99. The average Bonchev–Trinajstić information content (AvgIpc) is 2.77. The number of nitrogens with zero attached hydrogens (tertiary/aromatic N) is 4. The Kier molecular flexibility index (Phi) is 6.26. The number of benzene rings is 2. The van der Waals surface area contributed by atoms with Crippen LogP contribution in [-0.2, 0) is 16.4 Å². The topological polar surface area (TPSA) is 66.4 Å². The van der Waals surface area contributed by atoms with Crippen LogP contribution in [0, 0.1) is 26.6 Å². The Morgan fingerprint density at radius 1 is 0.875 bits per heavy atom. The fraction of sp³-hybridized carbons (Fsp3) is 0.333. The van der Waals surface area contributed by atoms with Crippen molar-refractivity contribution in [1.82, 2.24) is 14.3 Å². The second-order valence-electron chi connectivity index (χ2n) is 8.17. The third-order valence-electron chi connectivity index (χ3n) is 5.79. The van der Waals surface area contributed by atoms with Gasteiger partial charge in [-0.2, -0.15) is 4.31 Å². The fourth-order valence-corrected chi connectivity index (χ4v) is 5.41. The van der Waals surface area contributed by atoms with Crippen LogP contribution in [-0.4, -0.2) is 48.9 Å². The SMILES string of the molecule is Cc1ccc(Cc2c(C)nc(C)nc2N2CCN(S(=O)(=O)c3ccc(F)cc3)CC2)cc1. The van der Waals surface area contributed by atoms with Gasteiger partial charge in [0.05, 0.1) is 4.90 Å². The van der Waals surface area contributed by atoms with E-state index in [0.29, 0.717) is 32.0 Å². The van der Waals surface area contributed by atoms with Crippen molar-refractivity contribution in [2.75, 3.05) is 31.1 Å². The molecule has 0 bridgehead atoms. The van der Waals surface area contributed by atoms with E-state index in [2.05, 4.69) is 41.1 Å². The molecule has 32 heavy (non-hydrogen) atoms. The number of halogens is 1. The molecule has 6 nitrogen and oxygen atoms in total. The standard InChI is InChI=1S/C24H27FN4O2S/c1-17-4-6-20(7-5-17)16-23-18(2)26-19(3)27-24(23)28-12-14-29(15-13-28)32(30,31)22-10-8-21(25)9-11-22/h4-11H,12-16H2,1-3H3. The van der Waals surface area contributed by atoms with E-state index in [1.54, 1.807) is 0 Å². The lowest BCUT2D eigenvalue weighted by atomic mass is 10.0. The largest absolute Gasteiger partial charge is 0.354 e. The summed E-state index contributed by atoms with van der Waals surface area (Å²) in [5, 5.41) is 0. The molecule has 168 valence electrons. The zero-order chi connectivity index (χ0) is 22.9. The second-order valence-corrected chi connectivity index (χ2v) is 10.1. The maximum atomic E-state index is 13.2. The second kappa shape index (κ2) is 8.96. The van der Waals surface area contributed by atoms with E-state index in [9.17, 15) is 12.8 Å². The lowest BCUT2D eigenvalue weighted by Gasteiger charge is -2.36. The van der Waals surface area contributed by atoms with Gasteiger partial charge in [-0.3, -0.25) is 0 Å². The minimum Gasteiger partial charge on any atom is -0.354 e. The highest BCUT2D eigenvalue weighted by atomic mass is 32.2. The summed E-state index contributed by atoms with van der Waals surface area (Å²) in [5.41, 5.74) is 4.40.